The van der Waals surface area contributed by atoms with Crippen LogP contribution in [-0.4, -0.2) is 44.8 Å². The van der Waals surface area contributed by atoms with E-state index in [9.17, 15) is 24.8 Å². The topological polar surface area (TPSA) is 119 Å². The number of methoxy groups -OCH3 is 1. The first-order valence-electron chi connectivity index (χ1n) is 7.83. The van der Waals surface area contributed by atoms with Gasteiger partial charge in [-0.05, 0) is 19.4 Å². The van der Waals surface area contributed by atoms with Crippen molar-refractivity contribution in [3.63, 3.8) is 0 Å². The molecular formula is C17H19IN2O6. The number of carboxylic acid groups (broad SMARTS) is 1. The fourth-order valence-electron chi connectivity index (χ4n) is 3.59. The van der Waals surface area contributed by atoms with E-state index in [0.29, 0.717) is 15.7 Å². The number of hydrogen-bond donors (Lipinski definition) is 1. The molecule has 4 unspecified atom stereocenters. The zero-order valence-corrected chi connectivity index (χ0v) is 16.7. The van der Waals surface area contributed by atoms with E-state index in [1.165, 1.54) is 25.3 Å². The molecule has 140 valence electrons. The lowest BCUT2D eigenvalue weighted by Crippen LogP contribution is -2.52. The number of halogens is 1. The summed E-state index contributed by atoms with van der Waals surface area (Å²) in [4.78, 5) is 39.7. The number of rotatable bonds is 5. The number of non-ortho nitro benzene ring substituents is 1. The van der Waals surface area contributed by atoms with Crippen molar-refractivity contribution in [1.29, 1.82) is 0 Å². The first-order chi connectivity index (χ1) is 12.2. The van der Waals surface area contributed by atoms with Gasteiger partial charge in [0.05, 0.1) is 23.5 Å². The number of aliphatic imine (C=N–C) groups is 1. The zero-order valence-electron chi connectivity index (χ0n) is 14.5. The molecule has 26 heavy (non-hydrogen) atoms. The molecule has 0 spiro atoms. The molecule has 1 aromatic rings. The molecule has 4 atom stereocenters. The summed E-state index contributed by atoms with van der Waals surface area (Å²) in [5, 5.41) is 21.1. The number of carbonyl (C=O) groups is 2. The highest BCUT2D eigenvalue weighted by Crippen LogP contribution is 2.46. The predicted molar refractivity (Wildman–Crippen MR) is 103 cm³/mol. The van der Waals surface area contributed by atoms with E-state index in [1.54, 1.807) is 19.9 Å². The van der Waals surface area contributed by atoms with Crippen molar-refractivity contribution in [2.75, 3.05) is 11.5 Å². The highest BCUT2D eigenvalue weighted by Gasteiger charge is 2.53. The van der Waals surface area contributed by atoms with Crippen LogP contribution in [-0.2, 0) is 14.3 Å². The Balaban J connectivity index is 2.74. The molecule has 0 bridgehead atoms. The predicted octanol–water partition coefficient (Wildman–Crippen LogP) is 2.84. The highest BCUT2D eigenvalue weighted by atomic mass is 127. The molecule has 1 aromatic carbocycles. The summed E-state index contributed by atoms with van der Waals surface area (Å²) in [5.41, 5.74) is -0.236. The van der Waals surface area contributed by atoms with Crippen molar-refractivity contribution in [2.24, 2.45) is 16.8 Å². The molecule has 0 saturated heterocycles. The molecule has 0 fully saturated rings. The van der Waals surface area contributed by atoms with Gasteiger partial charge in [0.2, 0.25) is 0 Å². The Labute approximate surface area is 163 Å². The third-order valence-electron chi connectivity index (χ3n) is 4.73. The van der Waals surface area contributed by atoms with Crippen molar-refractivity contribution < 1.29 is 24.4 Å². The number of alkyl halides is 1. The number of benzene rings is 1. The SMILES string of the molecule is COC(=O)C1C(C)=NC(C)(CI)C(C(=O)O)C1c1cccc([N+](=O)[O-])c1. The molecule has 1 N–H and O–H groups in total. The minimum Gasteiger partial charge on any atom is -0.481 e. The van der Waals surface area contributed by atoms with Crippen LogP contribution in [0.5, 0.6) is 0 Å². The van der Waals surface area contributed by atoms with Gasteiger partial charge in [-0.1, -0.05) is 34.7 Å². The van der Waals surface area contributed by atoms with Crippen LogP contribution < -0.4 is 0 Å². The molecule has 1 aliphatic heterocycles. The lowest BCUT2D eigenvalue weighted by atomic mass is 9.65. The second-order valence-electron chi connectivity index (χ2n) is 6.44. The van der Waals surface area contributed by atoms with Crippen molar-refractivity contribution in [3.8, 4) is 0 Å². The van der Waals surface area contributed by atoms with Gasteiger partial charge in [0, 0.05) is 28.2 Å². The Morgan fingerprint density at radius 1 is 1.46 bits per heavy atom. The summed E-state index contributed by atoms with van der Waals surface area (Å²) in [7, 11) is 1.22. The van der Waals surface area contributed by atoms with Crippen molar-refractivity contribution in [2.45, 2.75) is 25.3 Å². The number of nitrogens with zero attached hydrogens (tertiary/aromatic N) is 2. The van der Waals surface area contributed by atoms with Gasteiger partial charge in [-0.25, -0.2) is 0 Å². The van der Waals surface area contributed by atoms with Gasteiger partial charge in [-0.15, -0.1) is 0 Å². The average molecular weight is 474 g/mol. The van der Waals surface area contributed by atoms with E-state index in [-0.39, 0.29) is 5.69 Å². The largest absolute Gasteiger partial charge is 0.481 e. The van der Waals surface area contributed by atoms with Crippen molar-refractivity contribution >= 4 is 45.9 Å². The van der Waals surface area contributed by atoms with Gasteiger partial charge in [0.15, 0.2) is 0 Å². The van der Waals surface area contributed by atoms with Crippen LogP contribution in [0.2, 0.25) is 0 Å². The molecule has 8 nitrogen and oxygen atoms in total. The Morgan fingerprint density at radius 3 is 2.62 bits per heavy atom. The summed E-state index contributed by atoms with van der Waals surface area (Å²) in [6.45, 7) is 3.38. The minimum absolute atomic E-state index is 0.161. The summed E-state index contributed by atoms with van der Waals surface area (Å²) < 4.78 is 5.29. The van der Waals surface area contributed by atoms with Gasteiger partial charge in [-0.2, -0.15) is 0 Å². The summed E-state index contributed by atoms with van der Waals surface area (Å²) >= 11 is 2.07. The average Bonchev–Trinajstić information content (AvgIpc) is 2.60. The van der Waals surface area contributed by atoms with Crippen LogP contribution in [0.1, 0.15) is 25.3 Å². The fourth-order valence-corrected chi connectivity index (χ4v) is 4.23. The molecule has 0 radical (unpaired) electrons. The highest BCUT2D eigenvalue weighted by molar-refractivity contribution is 14.1. The van der Waals surface area contributed by atoms with E-state index in [1.807, 2.05) is 0 Å². The molecular weight excluding hydrogens is 455 g/mol. The molecule has 9 heteroatoms. The van der Waals surface area contributed by atoms with Gasteiger partial charge < -0.3 is 9.84 Å². The van der Waals surface area contributed by atoms with Gasteiger partial charge in [0.1, 0.15) is 5.92 Å². The number of aliphatic carboxylic acids is 1. The fraction of sp³-hybridized carbons (Fsp3) is 0.471. The second-order valence-corrected chi connectivity index (χ2v) is 7.20. The number of carbonyl (C=O) groups excluding carboxylic acids is 1. The molecule has 1 heterocycles. The van der Waals surface area contributed by atoms with Crippen LogP contribution in [0.3, 0.4) is 0 Å². The normalized spacial score (nSPS) is 28.2. The first-order valence-corrected chi connectivity index (χ1v) is 9.36. The Kier molecular flexibility index (Phi) is 5.99. The first kappa shape index (κ1) is 20.3. The molecule has 2 rings (SSSR count). The number of nitro groups is 1. The lowest BCUT2D eigenvalue weighted by molar-refractivity contribution is -0.385. The van der Waals surface area contributed by atoms with Crippen LogP contribution in [0.15, 0.2) is 29.3 Å². The van der Waals surface area contributed by atoms with E-state index >= 15 is 0 Å². The van der Waals surface area contributed by atoms with Crippen LogP contribution in [0, 0.1) is 22.0 Å². The summed E-state index contributed by atoms with van der Waals surface area (Å²) in [6, 6.07) is 5.75. The maximum Gasteiger partial charge on any atom is 0.315 e. The molecule has 1 aliphatic rings. The number of hydrogen-bond acceptors (Lipinski definition) is 6. The van der Waals surface area contributed by atoms with E-state index in [2.05, 4.69) is 27.6 Å². The third-order valence-corrected chi connectivity index (χ3v) is 6.27. The molecule has 0 saturated carbocycles. The zero-order chi connectivity index (χ0) is 19.6. The van der Waals surface area contributed by atoms with Crippen LogP contribution in [0.25, 0.3) is 0 Å². The molecule has 0 aliphatic carbocycles. The van der Waals surface area contributed by atoms with E-state index < -0.39 is 40.2 Å². The lowest BCUT2D eigenvalue weighted by Gasteiger charge is -2.43. The van der Waals surface area contributed by atoms with Gasteiger partial charge in [-0.3, -0.25) is 24.7 Å². The number of carboxylic acids is 1. The maximum absolute atomic E-state index is 12.4. The Bertz CT molecular complexity index is 780. The summed E-state index contributed by atoms with van der Waals surface area (Å²) in [5.74, 6) is -4.49. The third kappa shape index (κ3) is 3.57. The number of esters is 1. The van der Waals surface area contributed by atoms with Crippen LogP contribution in [0.4, 0.5) is 5.69 Å². The van der Waals surface area contributed by atoms with E-state index in [0.717, 1.165) is 0 Å². The maximum atomic E-state index is 12.4. The van der Waals surface area contributed by atoms with Gasteiger partial charge in [0.25, 0.3) is 5.69 Å². The second kappa shape index (κ2) is 7.68. The minimum atomic E-state index is -1.11. The van der Waals surface area contributed by atoms with Crippen molar-refractivity contribution in [3.05, 3.63) is 39.9 Å². The number of nitro benzene ring substituents is 1. The monoisotopic (exact) mass is 474 g/mol. The molecule has 0 aromatic heterocycles. The smallest absolute Gasteiger partial charge is 0.315 e. The van der Waals surface area contributed by atoms with E-state index in [4.69, 9.17) is 4.74 Å². The van der Waals surface area contributed by atoms with Crippen LogP contribution >= 0.6 is 22.6 Å². The standard InChI is InChI=1S/C17H19IN2O6/c1-9-12(16(23)26-3)13(10-5-4-6-11(7-10)20(24)25)14(15(21)22)17(2,8-18)19-9/h4-7,12-14H,8H2,1-3H3,(H,21,22). The quantitative estimate of drug-likeness (QED) is 0.231. The Hall–Kier alpha value is -2.04. The van der Waals surface area contributed by atoms with Gasteiger partial charge >= 0.3 is 11.9 Å². The Morgan fingerprint density at radius 2 is 2.12 bits per heavy atom. The molecule has 0 amide bonds. The van der Waals surface area contributed by atoms with Crippen molar-refractivity contribution in [1.82, 2.24) is 0 Å². The summed E-state index contributed by atoms with van der Waals surface area (Å²) in [6.07, 6.45) is 0. The number of ether oxygens (including phenoxy) is 1.